The lowest BCUT2D eigenvalue weighted by atomic mass is 10.1. The number of aryl methyl sites for hydroxylation is 2. The minimum Gasteiger partial charge on any atom is -0.493 e. The van der Waals surface area contributed by atoms with Crippen LogP contribution in [0.15, 0.2) is 12.1 Å². The second-order valence-electron chi connectivity index (χ2n) is 4.76. The Hall–Kier alpha value is -1.26. The molecule has 0 aliphatic carbocycles. The van der Waals surface area contributed by atoms with Gasteiger partial charge in [0.1, 0.15) is 5.75 Å². The molecule has 1 rings (SSSR count). The molecule has 0 spiro atoms. The van der Waals surface area contributed by atoms with Crippen molar-refractivity contribution in [1.29, 1.82) is 0 Å². The number of hydrogen-bond donors (Lipinski definition) is 2. The van der Waals surface area contributed by atoms with Crippen molar-refractivity contribution in [2.24, 2.45) is 0 Å². The molecular weight excluding hydrogens is 276 g/mol. The Bertz CT molecular complexity index is 436. The second kappa shape index (κ2) is 9.61. The molecule has 2 N–H and O–H groups in total. The van der Waals surface area contributed by atoms with Crippen LogP contribution in [0.25, 0.3) is 0 Å². The zero-order valence-corrected chi connectivity index (χ0v) is 13.5. The van der Waals surface area contributed by atoms with Crippen LogP contribution in [0.1, 0.15) is 23.1 Å². The van der Waals surface area contributed by atoms with Gasteiger partial charge in [0.05, 0.1) is 13.0 Å². The van der Waals surface area contributed by atoms with Crippen LogP contribution in [-0.2, 0) is 4.79 Å². The van der Waals surface area contributed by atoms with E-state index in [4.69, 9.17) is 4.74 Å². The predicted octanol–water partition coefficient (Wildman–Crippen LogP) is 2.14. The van der Waals surface area contributed by atoms with Gasteiger partial charge in [0.25, 0.3) is 0 Å². The summed E-state index contributed by atoms with van der Waals surface area (Å²) in [5.74, 6) is 0.901. The summed E-state index contributed by atoms with van der Waals surface area (Å²) in [5.41, 5.74) is 3.53. The summed E-state index contributed by atoms with van der Waals surface area (Å²) >= 11 is 0. The zero-order valence-electron chi connectivity index (χ0n) is 12.7. The van der Waals surface area contributed by atoms with E-state index in [0.717, 1.165) is 17.9 Å². The molecule has 0 aliphatic rings. The van der Waals surface area contributed by atoms with Crippen molar-refractivity contribution in [1.82, 2.24) is 10.6 Å². The van der Waals surface area contributed by atoms with Gasteiger partial charge in [0.15, 0.2) is 0 Å². The fourth-order valence-electron chi connectivity index (χ4n) is 1.82. The molecule has 0 saturated heterocycles. The molecule has 4 nitrogen and oxygen atoms in total. The maximum Gasteiger partial charge on any atom is 0.223 e. The van der Waals surface area contributed by atoms with Crippen LogP contribution in [0.4, 0.5) is 0 Å². The number of hydrogen-bond acceptors (Lipinski definition) is 3. The molecule has 0 bridgehead atoms. The Morgan fingerprint density at radius 3 is 2.55 bits per heavy atom. The lowest BCUT2D eigenvalue weighted by molar-refractivity contribution is -0.121. The lowest BCUT2D eigenvalue weighted by Gasteiger charge is -2.12. The first-order chi connectivity index (χ1) is 9.04. The Kier molecular flexibility index (Phi) is 9.01. The summed E-state index contributed by atoms with van der Waals surface area (Å²) in [4.78, 5) is 11.5. The molecule has 5 heteroatoms. The molecule has 20 heavy (non-hydrogen) atoms. The summed E-state index contributed by atoms with van der Waals surface area (Å²) in [7, 11) is 1.86. The van der Waals surface area contributed by atoms with E-state index in [2.05, 4.69) is 23.6 Å². The number of amides is 1. The van der Waals surface area contributed by atoms with E-state index in [1.165, 1.54) is 11.1 Å². The average molecular weight is 301 g/mol. The van der Waals surface area contributed by atoms with Gasteiger partial charge in [0.2, 0.25) is 5.91 Å². The topological polar surface area (TPSA) is 50.4 Å². The highest BCUT2D eigenvalue weighted by Crippen LogP contribution is 2.23. The molecule has 0 atom stereocenters. The van der Waals surface area contributed by atoms with Crippen LogP contribution in [-0.4, -0.2) is 32.7 Å². The average Bonchev–Trinajstić information content (AvgIpc) is 2.35. The molecule has 1 amide bonds. The van der Waals surface area contributed by atoms with Crippen molar-refractivity contribution in [3.05, 3.63) is 28.8 Å². The normalized spacial score (nSPS) is 9.80. The summed E-state index contributed by atoms with van der Waals surface area (Å²) in [6.45, 7) is 8.00. The summed E-state index contributed by atoms with van der Waals surface area (Å²) in [6, 6.07) is 4.15. The first-order valence-electron chi connectivity index (χ1n) is 6.66. The van der Waals surface area contributed by atoms with Crippen molar-refractivity contribution in [2.45, 2.75) is 27.2 Å². The number of carbonyl (C=O) groups excluding carboxylic acids is 1. The number of nitrogens with one attached hydrogen (secondary N) is 2. The maximum absolute atomic E-state index is 11.5. The Balaban J connectivity index is 0.00000361. The van der Waals surface area contributed by atoms with E-state index in [1.807, 2.05) is 27.0 Å². The number of benzene rings is 1. The van der Waals surface area contributed by atoms with E-state index in [1.54, 1.807) is 0 Å². The standard InChI is InChI=1S/C15H24N2O2.ClH/c1-11-9-12(2)13(3)14(10-11)19-8-5-15(18)17-7-6-16-4;/h9-10,16H,5-8H2,1-4H3,(H,17,18);1H. The highest BCUT2D eigenvalue weighted by molar-refractivity contribution is 5.85. The molecule has 1 aromatic carbocycles. The predicted molar refractivity (Wildman–Crippen MR) is 84.9 cm³/mol. The van der Waals surface area contributed by atoms with Crippen molar-refractivity contribution in [2.75, 3.05) is 26.7 Å². The van der Waals surface area contributed by atoms with Crippen molar-refractivity contribution < 1.29 is 9.53 Å². The maximum atomic E-state index is 11.5. The largest absolute Gasteiger partial charge is 0.493 e. The van der Waals surface area contributed by atoms with Crippen LogP contribution in [0, 0.1) is 20.8 Å². The fraction of sp³-hybridized carbons (Fsp3) is 0.533. The van der Waals surface area contributed by atoms with E-state index < -0.39 is 0 Å². The number of carbonyl (C=O) groups is 1. The molecule has 0 saturated carbocycles. The van der Waals surface area contributed by atoms with Gasteiger partial charge < -0.3 is 15.4 Å². The SMILES string of the molecule is CNCCNC(=O)CCOc1cc(C)cc(C)c1C.Cl. The number of rotatable bonds is 7. The second-order valence-corrected chi connectivity index (χ2v) is 4.76. The van der Waals surface area contributed by atoms with Crippen LogP contribution in [0.2, 0.25) is 0 Å². The zero-order chi connectivity index (χ0) is 14.3. The van der Waals surface area contributed by atoms with Crippen molar-refractivity contribution >= 4 is 18.3 Å². The van der Waals surface area contributed by atoms with E-state index in [9.17, 15) is 4.79 Å². The highest BCUT2D eigenvalue weighted by Gasteiger charge is 2.05. The van der Waals surface area contributed by atoms with Gasteiger partial charge in [-0.25, -0.2) is 0 Å². The minimum atomic E-state index is 0. The van der Waals surface area contributed by atoms with Crippen molar-refractivity contribution in [3.63, 3.8) is 0 Å². The van der Waals surface area contributed by atoms with Crippen LogP contribution < -0.4 is 15.4 Å². The molecule has 1 aromatic rings. The van der Waals surface area contributed by atoms with Crippen LogP contribution in [0.5, 0.6) is 5.75 Å². The quantitative estimate of drug-likeness (QED) is 0.759. The van der Waals surface area contributed by atoms with Gasteiger partial charge in [-0.3, -0.25) is 4.79 Å². The Labute approximate surface area is 127 Å². The molecule has 0 unspecified atom stereocenters. The molecule has 0 radical (unpaired) electrons. The molecule has 0 aliphatic heterocycles. The van der Waals surface area contributed by atoms with Gasteiger partial charge in [-0.15, -0.1) is 12.4 Å². The molecule has 0 heterocycles. The third-order valence-corrected chi connectivity index (χ3v) is 3.05. The highest BCUT2D eigenvalue weighted by atomic mass is 35.5. The van der Waals surface area contributed by atoms with Gasteiger partial charge >= 0.3 is 0 Å². The fourth-order valence-corrected chi connectivity index (χ4v) is 1.82. The van der Waals surface area contributed by atoms with E-state index >= 15 is 0 Å². The first-order valence-corrected chi connectivity index (χ1v) is 6.66. The van der Waals surface area contributed by atoms with Crippen LogP contribution in [0.3, 0.4) is 0 Å². The van der Waals surface area contributed by atoms with Gasteiger partial charge in [-0.1, -0.05) is 6.07 Å². The first kappa shape index (κ1) is 18.7. The minimum absolute atomic E-state index is 0. The molecule has 0 aromatic heterocycles. The van der Waals surface area contributed by atoms with E-state index in [0.29, 0.717) is 19.6 Å². The number of halogens is 1. The van der Waals surface area contributed by atoms with Gasteiger partial charge in [-0.2, -0.15) is 0 Å². The Morgan fingerprint density at radius 1 is 1.20 bits per heavy atom. The lowest BCUT2D eigenvalue weighted by Crippen LogP contribution is -2.31. The smallest absolute Gasteiger partial charge is 0.223 e. The summed E-state index contributed by atoms with van der Waals surface area (Å²) in [5, 5.41) is 5.80. The third kappa shape index (κ3) is 6.26. The monoisotopic (exact) mass is 300 g/mol. The van der Waals surface area contributed by atoms with Gasteiger partial charge in [-0.05, 0) is 50.6 Å². The van der Waals surface area contributed by atoms with Gasteiger partial charge in [0, 0.05) is 13.1 Å². The number of ether oxygens (including phenoxy) is 1. The van der Waals surface area contributed by atoms with Crippen LogP contribution >= 0.6 is 12.4 Å². The summed E-state index contributed by atoms with van der Waals surface area (Å²) in [6.07, 6.45) is 0.385. The third-order valence-electron chi connectivity index (χ3n) is 3.05. The Morgan fingerprint density at radius 2 is 1.90 bits per heavy atom. The molecule has 114 valence electrons. The number of likely N-dealkylation sites (N-methyl/N-ethyl adjacent to an activating group) is 1. The van der Waals surface area contributed by atoms with E-state index in [-0.39, 0.29) is 18.3 Å². The summed E-state index contributed by atoms with van der Waals surface area (Å²) < 4.78 is 5.70. The molecule has 0 fully saturated rings. The van der Waals surface area contributed by atoms with Crippen molar-refractivity contribution in [3.8, 4) is 5.75 Å². The molecular formula is C15H25ClN2O2.